The van der Waals surface area contributed by atoms with Crippen LogP contribution in [0.3, 0.4) is 0 Å². The van der Waals surface area contributed by atoms with E-state index in [0.717, 1.165) is 11.1 Å². The van der Waals surface area contributed by atoms with Crippen molar-refractivity contribution in [1.29, 1.82) is 0 Å². The van der Waals surface area contributed by atoms with Gasteiger partial charge in [-0.25, -0.2) is 19.2 Å². The molecule has 1 unspecified atom stereocenters. The predicted molar refractivity (Wildman–Crippen MR) is 64.1 cm³/mol. The van der Waals surface area contributed by atoms with E-state index in [0.29, 0.717) is 4.62 Å². The van der Waals surface area contributed by atoms with Gasteiger partial charge in [-0.2, -0.15) is 5.10 Å². The minimum atomic E-state index is -1.08. The second-order valence-corrected chi connectivity index (χ2v) is 4.60. The Kier molecular flexibility index (Phi) is 3.30. The van der Waals surface area contributed by atoms with Crippen molar-refractivity contribution >= 4 is 43.9 Å². The molecule has 1 aliphatic rings. The van der Waals surface area contributed by atoms with Crippen molar-refractivity contribution in [3.05, 3.63) is 23.1 Å². The highest BCUT2D eigenvalue weighted by Crippen LogP contribution is 2.31. The molecular formula is C9H6BrClFN3O2. The summed E-state index contributed by atoms with van der Waals surface area (Å²) in [7, 11) is 0. The van der Waals surface area contributed by atoms with Gasteiger partial charge in [0.2, 0.25) is 0 Å². The number of aliphatic carboxylic acids is 1. The third-order valence-corrected chi connectivity index (χ3v) is 3.03. The van der Waals surface area contributed by atoms with Gasteiger partial charge in [-0.3, -0.25) is 0 Å². The fourth-order valence-electron chi connectivity index (χ4n) is 1.43. The molecule has 1 aromatic heterocycles. The molecule has 90 valence electrons. The Morgan fingerprint density at radius 3 is 3.06 bits per heavy atom. The number of pyridine rings is 1. The van der Waals surface area contributed by atoms with Gasteiger partial charge in [0.05, 0.1) is 0 Å². The van der Waals surface area contributed by atoms with Crippen molar-refractivity contribution in [3.8, 4) is 0 Å². The maximum atomic E-state index is 13.3. The molecule has 0 radical (unpaired) electrons. The van der Waals surface area contributed by atoms with Crippen LogP contribution >= 0.6 is 27.5 Å². The number of carboxylic acids is 1. The molecule has 2 heterocycles. The lowest BCUT2D eigenvalue weighted by Crippen LogP contribution is -2.34. The number of hydrogen-bond donors (Lipinski definition) is 1. The van der Waals surface area contributed by atoms with Crippen molar-refractivity contribution in [2.75, 3.05) is 5.01 Å². The summed E-state index contributed by atoms with van der Waals surface area (Å²) in [6, 6.07) is 0.160. The number of halogens is 3. The van der Waals surface area contributed by atoms with Gasteiger partial charge in [0, 0.05) is 12.6 Å². The van der Waals surface area contributed by atoms with E-state index in [9.17, 15) is 9.18 Å². The Labute approximate surface area is 109 Å². The van der Waals surface area contributed by atoms with E-state index in [2.05, 4.69) is 26.0 Å². The Bertz CT molecular complexity index is 511. The second-order valence-electron chi connectivity index (χ2n) is 3.31. The summed E-state index contributed by atoms with van der Waals surface area (Å²) in [4.78, 5) is 14.9. The van der Waals surface area contributed by atoms with Gasteiger partial charge in [0.1, 0.15) is 15.5 Å². The molecular weight excluding hydrogens is 316 g/mol. The minimum absolute atomic E-state index is 0.00600. The molecule has 0 saturated heterocycles. The van der Waals surface area contributed by atoms with Crippen molar-refractivity contribution in [3.63, 3.8) is 0 Å². The normalized spacial score (nSPS) is 19.4. The molecule has 0 spiro atoms. The number of rotatable bonds is 2. The molecule has 8 heteroatoms. The monoisotopic (exact) mass is 321 g/mol. The number of hydrazone groups is 1. The number of carbonyl (C=O) groups is 1. The first-order chi connectivity index (χ1) is 8.00. The van der Waals surface area contributed by atoms with Crippen LogP contribution in [0.2, 0.25) is 5.02 Å². The Balaban J connectivity index is 2.44. The average molecular weight is 323 g/mol. The lowest BCUT2D eigenvalue weighted by molar-refractivity contribution is -0.138. The summed E-state index contributed by atoms with van der Waals surface area (Å²) in [5.74, 6) is -1.75. The van der Waals surface area contributed by atoms with E-state index in [4.69, 9.17) is 16.7 Å². The van der Waals surface area contributed by atoms with Gasteiger partial charge >= 0.3 is 5.97 Å². The van der Waals surface area contributed by atoms with Crippen LogP contribution in [-0.2, 0) is 4.79 Å². The summed E-state index contributed by atoms with van der Waals surface area (Å²) in [5.41, 5.74) is 0. The minimum Gasteiger partial charge on any atom is -0.480 e. The van der Waals surface area contributed by atoms with Crippen LogP contribution in [0.1, 0.15) is 6.42 Å². The first-order valence-corrected chi connectivity index (χ1v) is 5.73. The van der Waals surface area contributed by atoms with Crippen LogP contribution in [0.25, 0.3) is 0 Å². The Morgan fingerprint density at radius 1 is 1.71 bits per heavy atom. The lowest BCUT2D eigenvalue weighted by atomic mass is 10.2. The molecule has 2 rings (SSSR count). The van der Waals surface area contributed by atoms with Crippen molar-refractivity contribution in [1.82, 2.24) is 4.98 Å². The smallest absolute Gasteiger partial charge is 0.329 e. The Morgan fingerprint density at radius 2 is 2.41 bits per heavy atom. The Hall–Kier alpha value is -1.21. The van der Waals surface area contributed by atoms with Gasteiger partial charge < -0.3 is 5.11 Å². The van der Waals surface area contributed by atoms with Crippen molar-refractivity contribution < 1.29 is 14.3 Å². The first kappa shape index (κ1) is 12.3. The number of anilines is 1. The molecule has 1 aliphatic heterocycles. The largest absolute Gasteiger partial charge is 0.480 e. The summed E-state index contributed by atoms with van der Waals surface area (Å²) in [6.45, 7) is 0. The molecule has 5 nitrogen and oxygen atoms in total. The molecule has 0 amide bonds. The van der Waals surface area contributed by atoms with Gasteiger partial charge in [-0.05, 0) is 22.0 Å². The summed E-state index contributed by atoms with van der Waals surface area (Å²) in [5, 5.41) is 13.8. The maximum Gasteiger partial charge on any atom is 0.329 e. The van der Waals surface area contributed by atoms with E-state index in [1.807, 2.05) is 0 Å². The average Bonchev–Trinajstić information content (AvgIpc) is 2.64. The van der Waals surface area contributed by atoms with E-state index in [1.54, 1.807) is 0 Å². The van der Waals surface area contributed by atoms with E-state index in [1.165, 1.54) is 6.20 Å². The van der Waals surface area contributed by atoms with Crippen LogP contribution < -0.4 is 5.01 Å². The van der Waals surface area contributed by atoms with Gasteiger partial charge in [0.25, 0.3) is 0 Å². The van der Waals surface area contributed by atoms with Crippen LogP contribution in [0.5, 0.6) is 0 Å². The summed E-state index contributed by atoms with van der Waals surface area (Å²) >= 11 is 8.84. The highest BCUT2D eigenvalue weighted by atomic mass is 79.9. The zero-order valence-corrected chi connectivity index (χ0v) is 10.6. The topological polar surface area (TPSA) is 65.8 Å². The van der Waals surface area contributed by atoms with E-state index in [-0.39, 0.29) is 17.3 Å². The number of carboxylic acid groups (broad SMARTS) is 1. The highest BCUT2D eigenvalue weighted by Gasteiger charge is 2.34. The summed E-state index contributed by atoms with van der Waals surface area (Å²) in [6.07, 6.45) is 1.39. The summed E-state index contributed by atoms with van der Waals surface area (Å²) < 4.78 is 13.7. The highest BCUT2D eigenvalue weighted by molar-refractivity contribution is 9.18. The van der Waals surface area contributed by atoms with Crippen LogP contribution in [0.15, 0.2) is 17.4 Å². The molecule has 1 N–H and O–H groups in total. The van der Waals surface area contributed by atoms with E-state index >= 15 is 0 Å². The van der Waals surface area contributed by atoms with Crippen molar-refractivity contribution in [2.45, 2.75) is 12.5 Å². The fourth-order valence-corrected chi connectivity index (χ4v) is 2.11. The quantitative estimate of drug-likeness (QED) is 0.907. The van der Waals surface area contributed by atoms with Crippen LogP contribution in [0, 0.1) is 5.82 Å². The SMILES string of the molecule is O=C(O)C1CC(Br)=NN1c1nccc(F)c1Cl. The molecule has 1 atom stereocenters. The third kappa shape index (κ3) is 2.25. The zero-order chi connectivity index (χ0) is 12.6. The first-order valence-electron chi connectivity index (χ1n) is 4.55. The fraction of sp³-hybridized carbons (Fsp3) is 0.222. The molecule has 0 aromatic carbocycles. The molecule has 1 aromatic rings. The van der Waals surface area contributed by atoms with Gasteiger partial charge in [0.15, 0.2) is 11.9 Å². The standard InChI is InChI=1S/C9H6BrClFN3O2/c10-6-3-5(9(16)17)15(14-6)8-7(11)4(12)1-2-13-8/h1-2,5H,3H2,(H,16,17). The predicted octanol–water partition coefficient (Wildman–Crippen LogP) is 2.25. The number of nitrogens with zero attached hydrogens (tertiary/aromatic N) is 3. The van der Waals surface area contributed by atoms with Gasteiger partial charge in [-0.1, -0.05) is 11.6 Å². The van der Waals surface area contributed by atoms with E-state index < -0.39 is 17.8 Å². The van der Waals surface area contributed by atoms with Gasteiger partial charge in [-0.15, -0.1) is 0 Å². The lowest BCUT2D eigenvalue weighted by Gasteiger charge is -2.19. The number of hydrogen-bond acceptors (Lipinski definition) is 4. The second kappa shape index (κ2) is 4.58. The zero-order valence-electron chi connectivity index (χ0n) is 8.27. The molecule has 0 fully saturated rings. The molecule has 0 bridgehead atoms. The molecule has 0 aliphatic carbocycles. The molecule has 0 saturated carbocycles. The van der Waals surface area contributed by atoms with Crippen molar-refractivity contribution in [2.24, 2.45) is 5.10 Å². The molecule has 17 heavy (non-hydrogen) atoms. The third-order valence-electron chi connectivity index (χ3n) is 2.20. The number of aromatic nitrogens is 1. The maximum absolute atomic E-state index is 13.3. The van der Waals surface area contributed by atoms with Crippen LogP contribution in [0.4, 0.5) is 10.2 Å². The van der Waals surface area contributed by atoms with Crippen LogP contribution in [-0.4, -0.2) is 26.7 Å².